The van der Waals surface area contributed by atoms with E-state index in [1.54, 1.807) is 12.1 Å². The van der Waals surface area contributed by atoms with Crippen LogP contribution in [0.25, 0.3) is 0 Å². The maximum atomic E-state index is 8.87. The van der Waals surface area contributed by atoms with Crippen LogP contribution in [0.15, 0.2) is 42.5 Å². The minimum atomic E-state index is 0.411. The number of halogens is 1. The average molecular weight is 287 g/mol. The van der Waals surface area contributed by atoms with Crippen LogP contribution >= 0.6 is 11.6 Å². The second kappa shape index (κ2) is 6.95. The fourth-order valence-corrected chi connectivity index (χ4v) is 2.13. The van der Waals surface area contributed by atoms with E-state index in [2.05, 4.69) is 6.07 Å². The number of nitrogens with two attached hydrogens (primary N) is 1. The molecular formula is C16H15ClN2O. The summed E-state index contributed by atoms with van der Waals surface area (Å²) in [7, 11) is 0. The van der Waals surface area contributed by atoms with Crippen molar-refractivity contribution in [2.24, 2.45) is 5.73 Å². The van der Waals surface area contributed by atoms with Gasteiger partial charge in [-0.2, -0.15) is 5.26 Å². The molecule has 0 radical (unpaired) electrons. The molecule has 0 unspecified atom stereocenters. The van der Waals surface area contributed by atoms with E-state index in [0.717, 1.165) is 16.9 Å². The SMILES string of the molecule is N#Cc1cccc(COc2ccc(Cl)cc2CCN)c1. The largest absolute Gasteiger partial charge is 0.489 e. The predicted octanol–water partition coefficient (Wildman–Crippen LogP) is 3.29. The van der Waals surface area contributed by atoms with Crippen molar-refractivity contribution in [3.63, 3.8) is 0 Å². The molecule has 0 saturated heterocycles. The van der Waals surface area contributed by atoms with Gasteiger partial charge in [-0.15, -0.1) is 0 Å². The van der Waals surface area contributed by atoms with Gasteiger partial charge >= 0.3 is 0 Å². The third kappa shape index (κ3) is 3.74. The molecule has 2 rings (SSSR count). The molecule has 0 amide bonds. The van der Waals surface area contributed by atoms with Gasteiger partial charge in [0.2, 0.25) is 0 Å². The van der Waals surface area contributed by atoms with Crippen LogP contribution in [0.2, 0.25) is 5.02 Å². The molecule has 2 aromatic carbocycles. The average Bonchev–Trinajstić information content (AvgIpc) is 2.47. The third-order valence-corrected chi connectivity index (χ3v) is 3.12. The van der Waals surface area contributed by atoms with Gasteiger partial charge in [-0.25, -0.2) is 0 Å². The summed E-state index contributed by atoms with van der Waals surface area (Å²) in [5.41, 5.74) is 8.17. The molecule has 0 aliphatic heterocycles. The highest BCUT2D eigenvalue weighted by molar-refractivity contribution is 6.30. The smallest absolute Gasteiger partial charge is 0.123 e. The number of ether oxygens (including phenoxy) is 1. The molecule has 4 heteroatoms. The zero-order chi connectivity index (χ0) is 14.4. The second-order valence-electron chi connectivity index (χ2n) is 4.39. The van der Waals surface area contributed by atoms with Gasteiger partial charge in [0.25, 0.3) is 0 Å². The van der Waals surface area contributed by atoms with Gasteiger partial charge in [0.15, 0.2) is 0 Å². The molecule has 0 heterocycles. The van der Waals surface area contributed by atoms with Gasteiger partial charge in [0.05, 0.1) is 11.6 Å². The summed E-state index contributed by atoms with van der Waals surface area (Å²) in [6.07, 6.45) is 0.716. The summed E-state index contributed by atoms with van der Waals surface area (Å²) < 4.78 is 5.81. The Morgan fingerprint density at radius 2 is 2.05 bits per heavy atom. The lowest BCUT2D eigenvalue weighted by molar-refractivity contribution is 0.303. The van der Waals surface area contributed by atoms with Gasteiger partial charge in [0, 0.05) is 5.02 Å². The summed E-state index contributed by atoms with van der Waals surface area (Å²) in [5.74, 6) is 0.780. The minimum Gasteiger partial charge on any atom is -0.489 e. The van der Waals surface area contributed by atoms with Gasteiger partial charge in [-0.05, 0) is 54.4 Å². The van der Waals surface area contributed by atoms with E-state index in [1.165, 1.54) is 0 Å². The monoisotopic (exact) mass is 286 g/mol. The second-order valence-corrected chi connectivity index (χ2v) is 4.83. The zero-order valence-electron chi connectivity index (χ0n) is 11.0. The highest BCUT2D eigenvalue weighted by Crippen LogP contribution is 2.24. The molecule has 3 nitrogen and oxygen atoms in total. The number of nitriles is 1. The normalized spacial score (nSPS) is 10.1. The maximum absolute atomic E-state index is 8.87. The standard InChI is InChI=1S/C16H15ClN2O/c17-15-4-5-16(14(9-15)6-7-18)20-11-13-3-1-2-12(8-13)10-19/h1-5,8-9H,6-7,11,18H2. The molecule has 0 aliphatic rings. The van der Waals surface area contributed by atoms with E-state index in [9.17, 15) is 0 Å². The van der Waals surface area contributed by atoms with Gasteiger partial charge < -0.3 is 10.5 Å². The Kier molecular flexibility index (Phi) is 5.00. The quantitative estimate of drug-likeness (QED) is 0.917. The highest BCUT2D eigenvalue weighted by Gasteiger charge is 2.05. The molecule has 102 valence electrons. The molecular weight excluding hydrogens is 272 g/mol. The van der Waals surface area contributed by atoms with Crippen LogP contribution in [0.3, 0.4) is 0 Å². The van der Waals surface area contributed by atoms with E-state index in [0.29, 0.717) is 30.2 Å². The van der Waals surface area contributed by atoms with Crippen LogP contribution in [0.1, 0.15) is 16.7 Å². The lowest BCUT2D eigenvalue weighted by atomic mass is 10.1. The topological polar surface area (TPSA) is 59.0 Å². The number of hydrogen-bond donors (Lipinski definition) is 1. The third-order valence-electron chi connectivity index (χ3n) is 2.89. The molecule has 2 aromatic rings. The Labute approximate surface area is 123 Å². The Bertz CT molecular complexity index is 635. The lowest BCUT2D eigenvalue weighted by Crippen LogP contribution is -2.05. The molecule has 0 fully saturated rings. The van der Waals surface area contributed by atoms with Crippen LogP contribution in [0.4, 0.5) is 0 Å². The predicted molar refractivity (Wildman–Crippen MR) is 79.7 cm³/mol. The van der Waals surface area contributed by atoms with E-state index in [4.69, 9.17) is 27.3 Å². The molecule has 0 aliphatic carbocycles. The summed E-state index contributed by atoms with van der Waals surface area (Å²) in [5, 5.41) is 9.55. The van der Waals surface area contributed by atoms with E-state index >= 15 is 0 Å². The van der Waals surface area contributed by atoms with Crippen LogP contribution in [-0.2, 0) is 13.0 Å². The van der Waals surface area contributed by atoms with E-state index in [-0.39, 0.29) is 0 Å². The Hall–Kier alpha value is -2.02. The van der Waals surface area contributed by atoms with Crippen molar-refractivity contribution in [2.75, 3.05) is 6.54 Å². The molecule has 0 aromatic heterocycles. The fourth-order valence-electron chi connectivity index (χ4n) is 1.93. The summed E-state index contributed by atoms with van der Waals surface area (Å²) >= 11 is 5.98. The Morgan fingerprint density at radius 3 is 2.80 bits per heavy atom. The summed E-state index contributed by atoms with van der Waals surface area (Å²) in [6, 6.07) is 15.0. The lowest BCUT2D eigenvalue weighted by Gasteiger charge is -2.11. The first-order valence-corrected chi connectivity index (χ1v) is 6.71. The van der Waals surface area contributed by atoms with E-state index < -0.39 is 0 Å². The van der Waals surface area contributed by atoms with Crippen molar-refractivity contribution in [3.8, 4) is 11.8 Å². The molecule has 20 heavy (non-hydrogen) atoms. The number of hydrogen-bond acceptors (Lipinski definition) is 3. The first-order valence-electron chi connectivity index (χ1n) is 6.33. The van der Waals surface area contributed by atoms with Gasteiger partial charge in [-0.3, -0.25) is 0 Å². The van der Waals surface area contributed by atoms with Crippen LogP contribution in [-0.4, -0.2) is 6.54 Å². The maximum Gasteiger partial charge on any atom is 0.123 e. The van der Waals surface area contributed by atoms with Crippen molar-refractivity contribution >= 4 is 11.6 Å². The van der Waals surface area contributed by atoms with Crippen molar-refractivity contribution in [1.82, 2.24) is 0 Å². The number of rotatable bonds is 5. The summed E-state index contributed by atoms with van der Waals surface area (Å²) in [4.78, 5) is 0. The van der Waals surface area contributed by atoms with Crippen LogP contribution < -0.4 is 10.5 Å². The van der Waals surface area contributed by atoms with E-state index in [1.807, 2.05) is 30.3 Å². The number of nitrogens with zero attached hydrogens (tertiary/aromatic N) is 1. The van der Waals surface area contributed by atoms with Crippen molar-refractivity contribution in [1.29, 1.82) is 5.26 Å². The number of benzene rings is 2. The first-order chi connectivity index (χ1) is 9.72. The fraction of sp³-hybridized carbons (Fsp3) is 0.188. The van der Waals surface area contributed by atoms with Crippen LogP contribution in [0.5, 0.6) is 5.75 Å². The summed E-state index contributed by atoms with van der Waals surface area (Å²) in [6.45, 7) is 0.954. The highest BCUT2D eigenvalue weighted by atomic mass is 35.5. The first kappa shape index (κ1) is 14.4. The molecule has 2 N–H and O–H groups in total. The Balaban J connectivity index is 2.12. The molecule has 0 atom stereocenters. The molecule has 0 saturated carbocycles. The van der Waals surface area contributed by atoms with Gasteiger partial charge in [-0.1, -0.05) is 23.7 Å². The molecule has 0 bridgehead atoms. The van der Waals surface area contributed by atoms with Crippen molar-refractivity contribution in [3.05, 3.63) is 64.2 Å². The van der Waals surface area contributed by atoms with Crippen molar-refractivity contribution < 1.29 is 4.74 Å². The minimum absolute atomic E-state index is 0.411. The van der Waals surface area contributed by atoms with Crippen molar-refractivity contribution in [2.45, 2.75) is 13.0 Å². The van der Waals surface area contributed by atoms with Gasteiger partial charge in [0.1, 0.15) is 12.4 Å². The zero-order valence-corrected chi connectivity index (χ0v) is 11.7. The molecule has 0 spiro atoms. The Morgan fingerprint density at radius 1 is 1.20 bits per heavy atom. The van der Waals surface area contributed by atoms with Crippen LogP contribution in [0, 0.1) is 11.3 Å².